The van der Waals surface area contributed by atoms with Crippen LogP contribution in [-0.4, -0.2) is 23.2 Å². The Balaban J connectivity index is 1.75. The van der Waals surface area contributed by atoms with E-state index in [0.717, 1.165) is 10.7 Å². The summed E-state index contributed by atoms with van der Waals surface area (Å²) in [5.74, 6) is 1.24. The molecule has 3 aromatic rings. The molecule has 0 saturated carbocycles. The van der Waals surface area contributed by atoms with Gasteiger partial charge < -0.3 is 10.3 Å². The number of nitrogen functional groups attached to an aromatic ring is 1. The van der Waals surface area contributed by atoms with Gasteiger partial charge in [0.05, 0.1) is 10.9 Å². The second-order valence-electron chi connectivity index (χ2n) is 6.42. The van der Waals surface area contributed by atoms with Crippen LogP contribution in [0.2, 0.25) is 5.02 Å². The molecule has 0 bridgehead atoms. The first kappa shape index (κ1) is 21.6. The second-order valence-corrected chi connectivity index (χ2v) is 9.51. The zero-order chi connectivity index (χ0) is 21.0. The van der Waals surface area contributed by atoms with Gasteiger partial charge >= 0.3 is 0 Å². The maximum atomic E-state index is 12.6. The summed E-state index contributed by atoms with van der Waals surface area (Å²) in [5.41, 5.74) is 7.62. The van der Waals surface area contributed by atoms with Crippen molar-refractivity contribution in [3.8, 4) is 0 Å². The number of anilines is 1. The molecule has 1 heterocycles. The van der Waals surface area contributed by atoms with E-state index in [0.29, 0.717) is 28.8 Å². The monoisotopic (exact) mass is 451 g/mol. The summed E-state index contributed by atoms with van der Waals surface area (Å²) >= 11 is 7.37. The normalized spacial score (nSPS) is 12.8. The lowest BCUT2D eigenvalue weighted by Crippen LogP contribution is -2.29. The van der Waals surface area contributed by atoms with Gasteiger partial charge in [0.2, 0.25) is 10.0 Å². The van der Waals surface area contributed by atoms with Gasteiger partial charge in [0.15, 0.2) is 11.0 Å². The maximum absolute atomic E-state index is 12.6. The molecule has 0 fully saturated rings. The topological polar surface area (TPSA) is 103 Å². The Morgan fingerprint density at radius 2 is 1.93 bits per heavy atom. The summed E-state index contributed by atoms with van der Waals surface area (Å²) in [6.07, 6.45) is 0. The molecule has 0 aliphatic heterocycles. The van der Waals surface area contributed by atoms with Gasteiger partial charge in [-0.3, -0.25) is 0 Å². The number of nitrogens with one attached hydrogen (secondary N) is 1. The number of thioether (sulfide) groups is 1. The highest BCUT2D eigenvalue weighted by Gasteiger charge is 2.23. The van der Waals surface area contributed by atoms with Crippen LogP contribution >= 0.6 is 23.4 Å². The van der Waals surface area contributed by atoms with Gasteiger partial charge in [0, 0.05) is 23.0 Å². The summed E-state index contributed by atoms with van der Waals surface area (Å²) < 4.78 is 29.9. The molecule has 0 spiro atoms. The number of nitrogens with zero attached hydrogens (tertiary/aromatic N) is 3. The third-order valence-electron chi connectivity index (χ3n) is 4.22. The Morgan fingerprint density at radius 3 is 2.59 bits per heavy atom. The van der Waals surface area contributed by atoms with Gasteiger partial charge in [-0.05, 0) is 55.8 Å². The first-order chi connectivity index (χ1) is 13.8. The van der Waals surface area contributed by atoms with E-state index in [1.54, 1.807) is 19.1 Å². The van der Waals surface area contributed by atoms with Crippen LogP contribution in [0.4, 0.5) is 5.69 Å². The molecule has 10 heteroatoms. The molecule has 29 heavy (non-hydrogen) atoms. The number of sulfonamides is 1. The molecule has 0 saturated heterocycles. The van der Waals surface area contributed by atoms with E-state index in [1.165, 1.54) is 23.9 Å². The molecule has 0 aliphatic rings. The number of benzene rings is 2. The van der Waals surface area contributed by atoms with E-state index >= 15 is 0 Å². The molecule has 3 N–H and O–H groups in total. The van der Waals surface area contributed by atoms with Crippen LogP contribution in [0.1, 0.15) is 31.3 Å². The average Bonchev–Trinajstić information content (AvgIpc) is 3.09. The van der Waals surface area contributed by atoms with E-state index in [4.69, 9.17) is 17.3 Å². The van der Waals surface area contributed by atoms with E-state index in [9.17, 15) is 8.42 Å². The SMILES string of the molecule is CCn1c(SCc2cccc(N)c2)nnc1[C@@H](C)NS(=O)(=O)c1ccc(Cl)cc1. The predicted octanol–water partition coefficient (Wildman–Crippen LogP) is 3.87. The van der Waals surface area contributed by atoms with E-state index in [1.807, 2.05) is 35.8 Å². The predicted molar refractivity (Wildman–Crippen MR) is 116 cm³/mol. The van der Waals surface area contributed by atoms with Crippen LogP contribution in [0.15, 0.2) is 58.6 Å². The lowest BCUT2D eigenvalue weighted by Gasteiger charge is -2.15. The first-order valence-corrected chi connectivity index (χ1v) is 11.8. The van der Waals surface area contributed by atoms with E-state index < -0.39 is 16.1 Å². The molecule has 154 valence electrons. The van der Waals surface area contributed by atoms with Gasteiger partial charge in [-0.25, -0.2) is 13.1 Å². The largest absolute Gasteiger partial charge is 0.399 e. The molecular weight excluding hydrogens is 430 g/mol. The molecule has 0 aliphatic carbocycles. The Kier molecular flexibility index (Phi) is 6.84. The molecule has 0 radical (unpaired) electrons. The number of rotatable bonds is 8. The average molecular weight is 452 g/mol. The lowest BCUT2D eigenvalue weighted by atomic mass is 10.2. The smallest absolute Gasteiger partial charge is 0.241 e. The third-order valence-corrected chi connectivity index (χ3v) is 7.07. The first-order valence-electron chi connectivity index (χ1n) is 8.98. The molecule has 0 unspecified atom stereocenters. The van der Waals surface area contributed by atoms with Crippen molar-refractivity contribution in [2.45, 2.75) is 42.2 Å². The molecule has 0 amide bonds. The van der Waals surface area contributed by atoms with Gasteiger partial charge in [-0.1, -0.05) is 35.5 Å². The highest BCUT2D eigenvalue weighted by Crippen LogP contribution is 2.25. The van der Waals surface area contributed by atoms with Crippen molar-refractivity contribution >= 4 is 39.1 Å². The molecule has 1 aromatic heterocycles. The quantitative estimate of drug-likeness (QED) is 0.398. The van der Waals surface area contributed by atoms with Crippen LogP contribution in [0.25, 0.3) is 0 Å². The zero-order valence-corrected chi connectivity index (χ0v) is 18.4. The van der Waals surface area contributed by atoms with Crippen molar-refractivity contribution in [2.24, 2.45) is 0 Å². The van der Waals surface area contributed by atoms with Crippen LogP contribution in [-0.2, 0) is 22.3 Å². The lowest BCUT2D eigenvalue weighted by molar-refractivity contribution is 0.539. The third kappa shape index (κ3) is 5.30. The maximum Gasteiger partial charge on any atom is 0.241 e. The van der Waals surface area contributed by atoms with Crippen LogP contribution < -0.4 is 10.5 Å². The summed E-state index contributed by atoms with van der Waals surface area (Å²) in [4.78, 5) is 0.146. The fraction of sp³-hybridized carbons (Fsp3) is 0.263. The van der Waals surface area contributed by atoms with Crippen molar-refractivity contribution in [3.05, 3.63) is 64.9 Å². The minimum Gasteiger partial charge on any atom is -0.399 e. The van der Waals surface area contributed by atoms with Crippen molar-refractivity contribution < 1.29 is 8.42 Å². The number of halogens is 1. The van der Waals surface area contributed by atoms with Crippen molar-refractivity contribution in [3.63, 3.8) is 0 Å². The van der Waals surface area contributed by atoms with Crippen molar-refractivity contribution in [1.82, 2.24) is 19.5 Å². The van der Waals surface area contributed by atoms with Gasteiger partial charge in [-0.15, -0.1) is 10.2 Å². The Morgan fingerprint density at radius 1 is 1.21 bits per heavy atom. The summed E-state index contributed by atoms with van der Waals surface area (Å²) in [5, 5.41) is 9.68. The van der Waals surface area contributed by atoms with Crippen LogP contribution in [0.3, 0.4) is 0 Å². The highest BCUT2D eigenvalue weighted by molar-refractivity contribution is 7.98. The number of hydrogen-bond donors (Lipinski definition) is 2. The minimum absolute atomic E-state index is 0.146. The molecule has 1 atom stereocenters. The van der Waals surface area contributed by atoms with Crippen LogP contribution in [0.5, 0.6) is 0 Å². The summed E-state index contributed by atoms with van der Waals surface area (Å²) in [6, 6.07) is 13.1. The highest BCUT2D eigenvalue weighted by atomic mass is 35.5. The molecule has 2 aromatic carbocycles. The summed E-state index contributed by atoms with van der Waals surface area (Å²) in [6.45, 7) is 4.34. The Hall–Kier alpha value is -2.07. The van der Waals surface area contributed by atoms with Gasteiger partial charge in [0.25, 0.3) is 0 Å². The Bertz CT molecular complexity index is 1080. The fourth-order valence-electron chi connectivity index (χ4n) is 2.82. The Labute approximate surface area is 179 Å². The number of hydrogen-bond acceptors (Lipinski definition) is 6. The fourth-order valence-corrected chi connectivity index (χ4v) is 5.10. The van der Waals surface area contributed by atoms with Gasteiger partial charge in [0.1, 0.15) is 0 Å². The zero-order valence-electron chi connectivity index (χ0n) is 16.0. The molecule has 3 rings (SSSR count). The number of nitrogens with two attached hydrogens (primary N) is 1. The van der Waals surface area contributed by atoms with Crippen molar-refractivity contribution in [1.29, 1.82) is 0 Å². The van der Waals surface area contributed by atoms with E-state index in [-0.39, 0.29) is 4.90 Å². The van der Waals surface area contributed by atoms with Crippen molar-refractivity contribution in [2.75, 3.05) is 5.73 Å². The molecule has 7 nitrogen and oxygen atoms in total. The number of aromatic nitrogens is 3. The second kappa shape index (κ2) is 9.17. The summed E-state index contributed by atoms with van der Waals surface area (Å²) in [7, 11) is -3.71. The van der Waals surface area contributed by atoms with E-state index in [2.05, 4.69) is 14.9 Å². The van der Waals surface area contributed by atoms with Gasteiger partial charge in [-0.2, -0.15) is 0 Å². The standard InChI is InChI=1S/C19H22ClN5O2S2/c1-3-25-18(13(2)24-29(26,27)17-9-7-15(20)8-10-17)22-23-19(25)28-12-14-5-4-6-16(21)11-14/h4-11,13,24H,3,12,21H2,1-2H3/t13-/m1/s1. The molecular formula is C19H22ClN5O2S2. The van der Waals surface area contributed by atoms with Crippen LogP contribution in [0, 0.1) is 0 Å². The minimum atomic E-state index is -3.71.